The molecule has 0 rings (SSSR count). The van der Waals surface area contributed by atoms with Crippen molar-refractivity contribution in [1.82, 2.24) is 0 Å². The number of hydrogen-bond acceptors (Lipinski definition) is 1. The minimum Gasteiger partial charge on any atom is -0.241 e. The SMILES string of the molecule is C=C/N=C(\N=C(/C=C)C(C)(C)C)C(C)(C)C. The second-order valence-corrected chi connectivity index (χ2v) is 5.84. The van der Waals surface area contributed by atoms with Crippen LogP contribution in [0.15, 0.2) is 35.4 Å². The summed E-state index contributed by atoms with van der Waals surface area (Å²) in [5.41, 5.74) is 0.839. The fraction of sp³-hybridized carbons (Fsp3) is 0.571. The zero-order chi connectivity index (χ0) is 13.0. The largest absolute Gasteiger partial charge is 0.241 e. The van der Waals surface area contributed by atoms with Gasteiger partial charge in [-0.25, -0.2) is 9.98 Å². The lowest BCUT2D eigenvalue weighted by Crippen LogP contribution is -2.24. The number of amidine groups is 1. The van der Waals surface area contributed by atoms with Crippen molar-refractivity contribution in [3.05, 3.63) is 25.4 Å². The smallest absolute Gasteiger partial charge is 0.133 e. The predicted octanol–water partition coefficient (Wildman–Crippen LogP) is 4.25. The number of nitrogens with zero attached hydrogens (tertiary/aromatic N) is 2. The maximum absolute atomic E-state index is 4.60. The van der Waals surface area contributed by atoms with Crippen LogP contribution in [-0.4, -0.2) is 11.5 Å². The predicted molar refractivity (Wildman–Crippen MR) is 74.2 cm³/mol. The highest BCUT2D eigenvalue weighted by Gasteiger charge is 2.22. The van der Waals surface area contributed by atoms with Crippen LogP contribution >= 0.6 is 0 Å². The standard InChI is InChI=1S/C14H24N2/c1-9-11(13(3,4)5)16-12(15-10-2)14(6,7)8/h9-10H,1-2H2,3-8H3/b15-12-,16-11+. The third kappa shape index (κ3) is 4.56. The van der Waals surface area contributed by atoms with E-state index in [4.69, 9.17) is 0 Å². The Balaban J connectivity index is 5.45. The molecule has 0 amide bonds. The molecule has 90 valence electrons. The van der Waals surface area contributed by atoms with Gasteiger partial charge < -0.3 is 0 Å². The summed E-state index contributed by atoms with van der Waals surface area (Å²) in [5.74, 6) is 0.785. The minimum absolute atomic E-state index is 0.0189. The molecule has 0 bridgehead atoms. The van der Waals surface area contributed by atoms with Crippen molar-refractivity contribution in [2.75, 3.05) is 0 Å². The Morgan fingerprint density at radius 2 is 1.44 bits per heavy atom. The summed E-state index contributed by atoms with van der Waals surface area (Å²) in [6.45, 7) is 20.0. The van der Waals surface area contributed by atoms with Crippen molar-refractivity contribution in [3.8, 4) is 0 Å². The third-order valence-corrected chi connectivity index (χ3v) is 2.07. The van der Waals surface area contributed by atoms with Gasteiger partial charge in [-0.1, -0.05) is 54.7 Å². The zero-order valence-electron chi connectivity index (χ0n) is 11.5. The van der Waals surface area contributed by atoms with E-state index in [1.54, 1.807) is 6.08 Å². The van der Waals surface area contributed by atoms with Crippen molar-refractivity contribution in [3.63, 3.8) is 0 Å². The number of allylic oxidation sites excluding steroid dienone is 1. The van der Waals surface area contributed by atoms with Gasteiger partial charge in [0.2, 0.25) is 0 Å². The Labute approximate surface area is 99.9 Å². The van der Waals surface area contributed by atoms with Gasteiger partial charge in [0.15, 0.2) is 0 Å². The van der Waals surface area contributed by atoms with Crippen LogP contribution in [0.5, 0.6) is 0 Å². The van der Waals surface area contributed by atoms with Gasteiger partial charge in [0.25, 0.3) is 0 Å². The van der Waals surface area contributed by atoms with Crippen LogP contribution in [0.1, 0.15) is 41.5 Å². The van der Waals surface area contributed by atoms with Crippen LogP contribution in [0, 0.1) is 10.8 Å². The third-order valence-electron chi connectivity index (χ3n) is 2.07. The molecule has 0 N–H and O–H groups in total. The van der Waals surface area contributed by atoms with E-state index in [1.165, 1.54) is 6.20 Å². The van der Waals surface area contributed by atoms with E-state index in [1.807, 2.05) is 0 Å². The molecule has 0 aliphatic heterocycles. The van der Waals surface area contributed by atoms with E-state index in [9.17, 15) is 0 Å². The van der Waals surface area contributed by atoms with Crippen LogP contribution in [0.25, 0.3) is 0 Å². The lowest BCUT2D eigenvalue weighted by Gasteiger charge is -2.23. The summed E-state index contributed by atoms with van der Waals surface area (Å²) < 4.78 is 0. The summed E-state index contributed by atoms with van der Waals surface area (Å²) in [5, 5.41) is 0. The molecule has 2 nitrogen and oxygen atoms in total. The molecule has 0 aromatic heterocycles. The molecule has 0 spiro atoms. The summed E-state index contributed by atoms with van der Waals surface area (Å²) in [4.78, 5) is 8.85. The first-order chi connectivity index (χ1) is 7.12. The monoisotopic (exact) mass is 220 g/mol. The molecule has 0 saturated carbocycles. The van der Waals surface area contributed by atoms with Crippen LogP contribution in [-0.2, 0) is 0 Å². The molecule has 0 fully saturated rings. The van der Waals surface area contributed by atoms with E-state index < -0.39 is 0 Å². The highest BCUT2D eigenvalue weighted by molar-refractivity contribution is 6.07. The average molecular weight is 220 g/mol. The topological polar surface area (TPSA) is 24.7 Å². The normalized spacial score (nSPS) is 14.9. The lowest BCUT2D eigenvalue weighted by atomic mass is 9.89. The van der Waals surface area contributed by atoms with Gasteiger partial charge in [-0.05, 0) is 6.08 Å². The highest BCUT2D eigenvalue weighted by Crippen LogP contribution is 2.22. The maximum Gasteiger partial charge on any atom is 0.133 e. The van der Waals surface area contributed by atoms with Gasteiger partial charge in [-0.2, -0.15) is 0 Å². The Morgan fingerprint density at radius 1 is 0.938 bits per heavy atom. The van der Waals surface area contributed by atoms with Crippen LogP contribution in [0.3, 0.4) is 0 Å². The van der Waals surface area contributed by atoms with Crippen molar-refractivity contribution in [1.29, 1.82) is 0 Å². The Bertz CT molecular complexity index is 320. The van der Waals surface area contributed by atoms with Crippen LogP contribution < -0.4 is 0 Å². The Morgan fingerprint density at radius 3 is 1.69 bits per heavy atom. The molecular formula is C14H24N2. The van der Waals surface area contributed by atoms with E-state index >= 15 is 0 Å². The minimum atomic E-state index is -0.0896. The van der Waals surface area contributed by atoms with Crippen molar-refractivity contribution >= 4 is 11.5 Å². The molecule has 0 aliphatic rings. The maximum atomic E-state index is 4.60. The van der Waals surface area contributed by atoms with Crippen molar-refractivity contribution in [2.24, 2.45) is 20.8 Å². The molecule has 0 aromatic carbocycles. The molecule has 0 atom stereocenters. The second kappa shape index (κ2) is 5.24. The quantitative estimate of drug-likeness (QED) is 0.491. The summed E-state index contributed by atoms with van der Waals surface area (Å²) in [6.07, 6.45) is 3.33. The first kappa shape index (κ1) is 14.8. The molecular weight excluding hydrogens is 196 g/mol. The second-order valence-electron chi connectivity index (χ2n) is 5.84. The highest BCUT2D eigenvalue weighted by atomic mass is 14.9. The molecule has 0 radical (unpaired) electrons. The molecule has 0 saturated heterocycles. The Kier molecular flexibility index (Phi) is 4.85. The first-order valence-electron chi connectivity index (χ1n) is 5.53. The number of hydrogen-bond donors (Lipinski definition) is 0. The van der Waals surface area contributed by atoms with E-state index in [2.05, 4.69) is 64.7 Å². The lowest BCUT2D eigenvalue weighted by molar-refractivity contribution is 0.575. The first-order valence-corrected chi connectivity index (χ1v) is 5.53. The van der Waals surface area contributed by atoms with Crippen LogP contribution in [0.4, 0.5) is 0 Å². The fourth-order valence-electron chi connectivity index (χ4n) is 1.11. The summed E-state index contributed by atoms with van der Waals surface area (Å²) in [6, 6.07) is 0. The van der Waals surface area contributed by atoms with Gasteiger partial charge >= 0.3 is 0 Å². The molecule has 16 heavy (non-hydrogen) atoms. The zero-order valence-corrected chi connectivity index (χ0v) is 11.5. The van der Waals surface area contributed by atoms with Gasteiger partial charge in [0, 0.05) is 22.7 Å². The molecule has 0 aromatic rings. The van der Waals surface area contributed by atoms with Gasteiger partial charge in [-0.15, -0.1) is 0 Å². The summed E-state index contributed by atoms with van der Waals surface area (Å²) in [7, 11) is 0. The average Bonchev–Trinajstić information content (AvgIpc) is 2.07. The van der Waals surface area contributed by atoms with Crippen LogP contribution in [0.2, 0.25) is 0 Å². The fourth-order valence-corrected chi connectivity index (χ4v) is 1.11. The Hall–Kier alpha value is -1.18. The van der Waals surface area contributed by atoms with E-state index in [-0.39, 0.29) is 10.8 Å². The van der Waals surface area contributed by atoms with Crippen molar-refractivity contribution < 1.29 is 0 Å². The molecule has 2 heteroatoms. The molecule has 0 aliphatic carbocycles. The van der Waals surface area contributed by atoms with Gasteiger partial charge in [-0.3, -0.25) is 0 Å². The van der Waals surface area contributed by atoms with E-state index in [0.29, 0.717) is 0 Å². The van der Waals surface area contributed by atoms with E-state index in [0.717, 1.165) is 11.5 Å². The summed E-state index contributed by atoms with van der Waals surface area (Å²) >= 11 is 0. The molecule has 0 unspecified atom stereocenters. The number of aliphatic imine (C=N–C) groups is 2. The van der Waals surface area contributed by atoms with Gasteiger partial charge in [0.1, 0.15) is 5.84 Å². The molecule has 0 heterocycles. The van der Waals surface area contributed by atoms with Gasteiger partial charge in [0.05, 0.1) is 0 Å². The number of rotatable bonds is 2. The van der Waals surface area contributed by atoms with Crippen molar-refractivity contribution in [2.45, 2.75) is 41.5 Å².